The molecule has 0 aromatic rings. The van der Waals surface area contributed by atoms with E-state index in [1.165, 1.54) is 0 Å². The number of nitrogens with one attached hydrogen (secondary N) is 1. The van der Waals surface area contributed by atoms with Crippen LogP contribution in [0, 0.1) is 11.3 Å². The molecule has 0 radical (unpaired) electrons. The summed E-state index contributed by atoms with van der Waals surface area (Å²) in [5.41, 5.74) is 0. The maximum atomic E-state index is 8.56. The van der Waals surface area contributed by atoms with Crippen LogP contribution in [0.5, 0.6) is 0 Å². The van der Waals surface area contributed by atoms with Gasteiger partial charge in [0.25, 0.3) is 0 Å². The third-order valence-corrected chi connectivity index (χ3v) is 1.81. The highest BCUT2D eigenvalue weighted by Crippen LogP contribution is 2.07. The molecule has 1 heterocycles. The van der Waals surface area contributed by atoms with Crippen molar-refractivity contribution in [3.05, 3.63) is 0 Å². The van der Waals surface area contributed by atoms with Gasteiger partial charge in [-0.25, -0.2) is 0 Å². The first kappa shape index (κ1) is 8.51. The monoisotopic (exact) mass is 154 g/mol. The third-order valence-electron chi connectivity index (χ3n) is 1.81. The molecule has 1 rings (SSSR count). The summed E-state index contributed by atoms with van der Waals surface area (Å²) >= 11 is 0. The SMILES string of the molecule is CCCC1CNCC(C#N)O1. The largest absolute Gasteiger partial charge is 0.357 e. The summed E-state index contributed by atoms with van der Waals surface area (Å²) < 4.78 is 5.45. The van der Waals surface area contributed by atoms with Crippen molar-refractivity contribution in [3.63, 3.8) is 0 Å². The minimum Gasteiger partial charge on any atom is -0.357 e. The second-order valence-electron chi connectivity index (χ2n) is 2.82. The first-order chi connectivity index (χ1) is 5.36. The molecule has 11 heavy (non-hydrogen) atoms. The van der Waals surface area contributed by atoms with Crippen LogP contribution in [0.2, 0.25) is 0 Å². The molecule has 1 aliphatic rings. The molecular weight excluding hydrogens is 140 g/mol. The predicted molar refractivity (Wildman–Crippen MR) is 42.1 cm³/mol. The normalized spacial score (nSPS) is 31.3. The number of hydrogen-bond acceptors (Lipinski definition) is 3. The molecular formula is C8H14N2O. The van der Waals surface area contributed by atoms with Crippen LogP contribution in [0.3, 0.4) is 0 Å². The Labute approximate surface area is 67.3 Å². The maximum Gasteiger partial charge on any atom is 0.156 e. The molecule has 0 aromatic heterocycles. The number of rotatable bonds is 2. The van der Waals surface area contributed by atoms with Gasteiger partial charge in [-0.1, -0.05) is 13.3 Å². The standard InChI is InChI=1S/C8H14N2O/c1-2-3-7-5-10-6-8(4-9)11-7/h7-8,10H,2-3,5-6H2,1H3. The fourth-order valence-corrected chi connectivity index (χ4v) is 1.27. The summed E-state index contributed by atoms with van der Waals surface area (Å²) in [6, 6.07) is 2.11. The van der Waals surface area contributed by atoms with E-state index < -0.39 is 0 Å². The van der Waals surface area contributed by atoms with Crippen LogP contribution < -0.4 is 5.32 Å². The first-order valence-corrected chi connectivity index (χ1v) is 4.12. The fraction of sp³-hybridized carbons (Fsp3) is 0.875. The molecule has 3 nitrogen and oxygen atoms in total. The molecule has 3 heteroatoms. The minimum atomic E-state index is -0.236. The van der Waals surface area contributed by atoms with Gasteiger partial charge in [0, 0.05) is 13.1 Å². The number of morpholine rings is 1. The molecule has 0 saturated carbocycles. The topological polar surface area (TPSA) is 45.0 Å². The van der Waals surface area contributed by atoms with Crippen LogP contribution in [0.15, 0.2) is 0 Å². The zero-order chi connectivity index (χ0) is 8.10. The number of nitriles is 1. The Morgan fingerprint density at radius 3 is 3.09 bits per heavy atom. The van der Waals surface area contributed by atoms with Crippen molar-refractivity contribution >= 4 is 0 Å². The molecule has 1 N–H and O–H groups in total. The Morgan fingerprint density at radius 2 is 2.45 bits per heavy atom. The lowest BCUT2D eigenvalue weighted by Gasteiger charge is -2.26. The predicted octanol–water partition coefficient (Wildman–Crippen LogP) is 0.667. The van der Waals surface area contributed by atoms with Crippen molar-refractivity contribution in [2.45, 2.75) is 32.0 Å². The molecule has 0 aliphatic carbocycles. The highest BCUT2D eigenvalue weighted by Gasteiger charge is 2.20. The van der Waals surface area contributed by atoms with Gasteiger partial charge in [-0.2, -0.15) is 5.26 Å². The van der Waals surface area contributed by atoms with Crippen molar-refractivity contribution < 1.29 is 4.74 Å². The molecule has 0 spiro atoms. The van der Waals surface area contributed by atoms with Crippen molar-refractivity contribution in [2.24, 2.45) is 0 Å². The van der Waals surface area contributed by atoms with Gasteiger partial charge in [0.15, 0.2) is 6.10 Å². The summed E-state index contributed by atoms with van der Waals surface area (Å²) in [4.78, 5) is 0. The van der Waals surface area contributed by atoms with Crippen molar-refractivity contribution in [2.75, 3.05) is 13.1 Å². The average Bonchev–Trinajstić information content (AvgIpc) is 2.06. The van der Waals surface area contributed by atoms with Crippen LogP contribution >= 0.6 is 0 Å². The van der Waals surface area contributed by atoms with E-state index in [0.29, 0.717) is 6.54 Å². The Bertz CT molecular complexity index is 151. The second-order valence-corrected chi connectivity index (χ2v) is 2.82. The number of hydrogen-bond donors (Lipinski definition) is 1. The van der Waals surface area contributed by atoms with Gasteiger partial charge in [-0.05, 0) is 6.42 Å². The van der Waals surface area contributed by atoms with Gasteiger partial charge in [0.05, 0.1) is 12.2 Å². The number of nitrogens with zero attached hydrogens (tertiary/aromatic N) is 1. The van der Waals surface area contributed by atoms with Crippen molar-refractivity contribution in [1.82, 2.24) is 5.32 Å². The average molecular weight is 154 g/mol. The highest BCUT2D eigenvalue weighted by molar-refractivity contribution is 4.90. The minimum absolute atomic E-state index is 0.236. The van der Waals surface area contributed by atoms with E-state index in [4.69, 9.17) is 10.00 Å². The van der Waals surface area contributed by atoms with E-state index >= 15 is 0 Å². The zero-order valence-electron chi connectivity index (χ0n) is 6.84. The van der Waals surface area contributed by atoms with E-state index in [-0.39, 0.29) is 12.2 Å². The Hall–Kier alpha value is -0.590. The summed E-state index contributed by atoms with van der Waals surface area (Å²) in [5.74, 6) is 0. The van der Waals surface area contributed by atoms with E-state index in [1.54, 1.807) is 0 Å². The fourth-order valence-electron chi connectivity index (χ4n) is 1.27. The summed E-state index contributed by atoms with van der Waals surface area (Å²) in [6.07, 6.45) is 2.18. The van der Waals surface area contributed by atoms with Crippen LogP contribution in [-0.2, 0) is 4.74 Å². The van der Waals surface area contributed by atoms with Gasteiger partial charge in [0.1, 0.15) is 0 Å². The smallest absolute Gasteiger partial charge is 0.156 e. The van der Waals surface area contributed by atoms with Crippen molar-refractivity contribution in [3.8, 4) is 6.07 Å². The maximum absolute atomic E-state index is 8.56. The van der Waals surface area contributed by atoms with Gasteiger partial charge < -0.3 is 10.1 Å². The molecule has 1 aliphatic heterocycles. The molecule has 1 saturated heterocycles. The molecule has 0 bridgehead atoms. The molecule has 1 fully saturated rings. The van der Waals surface area contributed by atoms with Crippen LogP contribution in [-0.4, -0.2) is 25.3 Å². The molecule has 2 unspecified atom stereocenters. The van der Waals surface area contributed by atoms with Crippen LogP contribution in [0.1, 0.15) is 19.8 Å². The summed E-state index contributed by atoms with van der Waals surface area (Å²) in [5, 5.41) is 11.7. The lowest BCUT2D eigenvalue weighted by molar-refractivity contribution is -0.0129. The van der Waals surface area contributed by atoms with Gasteiger partial charge in [-0.3, -0.25) is 0 Å². The Morgan fingerprint density at radius 1 is 1.64 bits per heavy atom. The van der Waals surface area contributed by atoms with E-state index in [9.17, 15) is 0 Å². The van der Waals surface area contributed by atoms with Crippen LogP contribution in [0.25, 0.3) is 0 Å². The highest BCUT2D eigenvalue weighted by atomic mass is 16.5. The Kier molecular flexibility index (Phi) is 3.34. The lowest BCUT2D eigenvalue weighted by Crippen LogP contribution is -2.43. The van der Waals surface area contributed by atoms with Crippen molar-refractivity contribution in [1.29, 1.82) is 5.26 Å². The van der Waals surface area contributed by atoms with Crippen LogP contribution in [0.4, 0.5) is 0 Å². The van der Waals surface area contributed by atoms with E-state index in [0.717, 1.165) is 19.4 Å². The van der Waals surface area contributed by atoms with E-state index in [2.05, 4.69) is 18.3 Å². The first-order valence-electron chi connectivity index (χ1n) is 4.12. The molecule has 2 atom stereocenters. The molecule has 0 amide bonds. The van der Waals surface area contributed by atoms with Gasteiger partial charge >= 0.3 is 0 Å². The van der Waals surface area contributed by atoms with Gasteiger partial charge in [0.2, 0.25) is 0 Å². The van der Waals surface area contributed by atoms with Gasteiger partial charge in [-0.15, -0.1) is 0 Å². The van der Waals surface area contributed by atoms with E-state index in [1.807, 2.05) is 0 Å². The summed E-state index contributed by atoms with van der Waals surface area (Å²) in [6.45, 7) is 3.70. The molecule has 0 aromatic carbocycles. The quantitative estimate of drug-likeness (QED) is 0.635. The Balaban J connectivity index is 2.29. The summed E-state index contributed by atoms with van der Waals surface area (Å²) in [7, 11) is 0. The second kappa shape index (κ2) is 4.32. The zero-order valence-corrected chi connectivity index (χ0v) is 6.84. The number of ether oxygens (including phenoxy) is 1. The molecule has 62 valence electrons. The third kappa shape index (κ3) is 2.49. The lowest BCUT2D eigenvalue weighted by atomic mass is 10.1.